The molecule has 0 aliphatic heterocycles. The first kappa shape index (κ1) is 13.4. The maximum atomic E-state index is 11.1. The summed E-state index contributed by atoms with van der Waals surface area (Å²) in [6, 6.07) is 3.11. The van der Waals surface area contributed by atoms with E-state index < -0.39 is 5.97 Å². The topological polar surface area (TPSA) is 55.8 Å². The van der Waals surface area contributed by atoms with E-state index in [0.29, 0.717) is 11.3 Å². The fraction of sp³-hybridized carbons (Fsp3) is 0.462. The Morgan fingerprint density at radius 2 is 1.88 bits per heavy atom. The van der Waals surface area contributed by atoms with Crippen LogP contribution in [0.25, 0.3) is 0 Å². The van der Waals surface area contributed by atoms with Gasteiger partial charge in [-0.2, -0.15) is 0 Å². The van der Waals surface area contributed by atoms with Crippen molar-refractivity contribution in [2.24, 2.45) is 0 Å². The molecule has 4 heteroatoms. The van der Waals surface area contributed by atoms with Gasteiger partial charge in [0.05, 0.1) is 7.11 Å². The van der Waals surface area contributed by atoms with Gasteiger partial charge in [0.1, 0.15) is 5.75 Å². The Kier molecular flexibility index (Phi) is 3.66. The van der Waals surface area contributed by atoms with Crippen LogP contribution in [-0.2, 0) is 10.2 Å². The molecule has 4 nitrogen and oxygen atoms in total. The number of esters is 1. The minimum atomic E-state index is -0.445. The summed E-state index contributed by atoms with van der Waals surface area (Å²) in [4.78, 5) is 11.1. The largest absolute Gasteiger partial charge is 0.508 e. The molecule has 0 unspecified atom stereocenters. The van der Waals surface area contributed by atoms with Gasteiger partial charge in [-0.15, -0.1) is 0 Å². The Morgan fingerprint density at radius 1 is 1.29 bits per heavy atom. The molecule has 0 atom stereocenters. The fourth-order valence-corrected chi connectivity index (χ4v) is 1.68. The van der Waals surface area contributed by atoms with Gasteiger partial charge in [-0.1, -0.05) is 20.8 Å². The van der Waals surface area contributed by atoms with Crippen molar-refractivity contribution in [3.05, 3.63) is 17.7 Å². The van der Waals surface area contributed by atoms with Gasteiger partial charge < -0.3 is 14.6 Å². The highest BCUT2D eigenvalue weighted by Gasteiger charge is 2.27. The molecule has 17 heavy (non-hydrogen) atoms. The summed E-state index contributed by atoms with van der Waals surface area (Å²) in [6.07, 6.45) is 0. The number of methoxy groups -OCH3 is 1. The van der Waals surface area contributed by atoms with Crippen molar-refractivity contribution in [1.82, 2.24) is 0 Å². The first-order valence-corrected chi connectivity index (χ1v) is 5.36. The lowest BCUT2D eigenvalue weighted by atomic mass is 9.85. The van der Waals surface area contributed by atoms with Gasteiger partial charge in [-0.25, -0.2) is 0 Å². The molecule has 0 aromatic heterocycles. The molecule has 1 N–H and O–H groups in total. The van der Waals surface area contributed by atoms with Gasteiger partial charge in [0.25, 0.3) is 0 Å². The Hall–Kier alpha value is -1.71. The van der Waals surface area contributed by atoms with Crippen LogP contribution in [0.3, 0.4) is 0 Å². The van der Waals surface area contributed by atoms with Crippen molar-refractivity contribution < 1.29 is 19.4 Å². The monoisotopic (exact) mass is 238 g/mol. The van der Waals surface area contributed by atoms with Crippen LogP contribution in [0.1, 0.15) is 33.3 Å². The Balaban J connectivity index is 3.48. The Labute approximate surface area is 101 Å². The molecule has 1 rings (SSSR count). The standard InChI is InChI=1S/C13H18O4/c1-8(14)17-12-10(16-5)7-6-9(15)11(12)13(2,3)4/h6-7,15H,1-5H3. The molecule has 0 fully saturated rings. The smallest absolute Gasteiger partial charge is 0.308 e. The van der Waals surface area contributed by atoms with Crippen molar-refractivity contribution in [2.45, 2.75) is 33.1 Å². The SMILES string of the molecule is COc1ccc(O)c(C(C)(C)C)c1OC(C)=O. The summed E-state index contributed by atoms with van der Waals surface area (Å²) < 4.78 is 10.3. The molecule has 0 saturated heterocycles. The average Bonchev–Trinajstić information content (AvgIpc) is 2.15. The van der Waals surface area contributed by atoms with Crippen LogP contribution in [0.4, 0.5) is 0 Å². The number of ether oxygens (including phenoxy) is 2. The first-order chi connectivity index (χ1) is 7.77. The van der Waals surface area contributed by atoms with Gasteiger partial charge in [0.15, 0.2) is 11.5 Å². The lowest BCUT2D eigenvalue weighted by molar-refractivity contribution is -0.132. The highest BCUT2D eigenvalue weighted by molar-refractivity contribution is 5.72. The number of benzene rings is 1. The van der Waals surface area contributed by atoms with Crippen molar-refractivity contribution in [3.63, 3.8) is 0 Å². The summed E-state index contributed by atoms with van der Waals surface area (Å²) in [5, 5.41) is 9.91. The van der Waals surface area contributed by atoms with E-state index in [9.17, 15) is 9.90 Å². The number of phenols is 1. The minimum absolute atomic E-state index is 0.0922. The number of aromatic hydroxyl groups is 1. The van der Waals surface area contributed by atoms with Crippen LogP contribution in [0.2, 0.25) is 0 Å². The third kappa shape index (κ3) is 2.90. The molecule has 94 valence electrons. The van der Waals surface area contributed by atoms with E-state index in [-0.39, 0.29) is 16.9 Å². The fourth-order valence-electron chi connectivity index (χ4n) is 1.68. The van der Waals surface area contributed by atoms with E-state index in [4.69, 9.17) is 9.47 Å². The van der Waals surface area contributed by atoms with Gasteiger partial charge in [0.2, 0.25) is 0 Å². The predicted octanol–water partition coefficient (Wildman–Crippen LogP) is 2.62. The normalized spacial score (nSPS) is 11.1. The van der Waals surface area contributed by atoms with Crippen LogP contribution in [-0.4, -0.2) is 18.2 Å². The summed E-state index contributed by atoms with van der Waals surface area (Å²) in [7, 11) is 1.49. The zero-order valence-electron chi connectivity index (χ0n) is 10.8. The van der Waals surface area contributed by atoms with E-state index in [2.05, 4.69) is 0 Å². The Morgan fingerprint density at radius 3 is 2.29 bits per heavy atom. The summed E-state index contributed by atoms with van der Waals surface area (Å²) >= 11 is 0. The van der Waals surface area contributed by atoms with E-state index in [1.807, 2.05) is 20.8 Å². The lowest BCUT2D eigenvalue weighted by Gasteiger charge is -2.24. The van der Waals surface area contributed by atoms with Gasteiger partial charge in [-0.3, -0.25) is 4.79 Å². The van der Waals surface area contributed by atoms with E-state index in [0.717, 1.165) is 0 Å². The van der Waals surface area contributed by atoms with Crippen LogP contribution in [0, 0.1) is 0 Å². The molecule has 0 saturated carbocycles. The molecule has 0 amide bonds. The number of phenolic OH excluding ortho intramolecular Hbond substituents is 1. The second-order valence-electron chi connectivity index (χ2n) is 4.83. The molecule has 0 radical (unpaired) electrons. The van der Waals surface area contributed by atoms with Crippen LogP contribution < -0.4 is 9.47 Å². The van der Waals surface area contributed by atoms with Crippen molar-refractivity contribution in [1.29, 1.82) is 0 Å². The summed E-state index contributed by atoms with van der Waals surface area (Å²) in [6.45, 7) is 7.09. The number of carbonyl (C=O) groups excluding carboxylic acids is 1. The van der Waals surface area contributed by atoms with E-state index in [1.165, 1.54) is 20.1 Å². The molecular weight excluding hydrogens is 220 g/mol. The predicted molar refractivity (Wildman–Crippen MR) is 64.7 cm³/mol. The summed E-state index contributed by atoms with van der Waals surface area (Å²) in [5.74, 6) is 0.365. The van der Waals surface area contributed by atoms with Crippen molar-refractivity contribution in [3.8, 4) is 17.2 Å². The minimum Gasteiger partial charge on any atom is -0.508 e. The molecule has 1 aromatic carbocycles. The molecule has 1 aromatic rings. The second kappa shape index (κ2) is 4.65. The highest BCUT2D eigenvalue weighted by Crippen LogP contribution is 2.43. The second-order valence-corrected chi connectivity index (χ2v) is 4.83. The molecule has 0 aliphatic rings. The van der Waals surface area contributed by atoms with Crippen LogP contribution >= 0.6 is 0 Å². The third-order valence-corrected chi connectivity index (χ3v) is 2.32. The first-order valence-electron chi connectivity index (χ1n) is 5.36. The van der Waals surface area contributed by atoms with Crippen LogP contribution in [0.15, 0.2) is 12.1 Å². The zero-order chi connectivity index (χ0) is 13.2. The molecular formula is C13H18O4. The Bertz CT molecular complexity index is 430. The van der Waals surface area contributed by atoms with Crippen molar-refractivity contribution >= 4 is 5.97 Å². The van der Waals surface area contributed by atoms with Gasteiger partial charge >= 0.3 is 5.97 Å². The maximum absolute atomic E-state index is 11.1. The number of hydrogen-bond donors (Lipinski definition) is 1. The van der Waals surface area contributed by atoms with Gasteiger partial charge in [0, 0.05) is 12.5 Å². The number of hydrogen-bond acceptors (Lipinski definition) is 4. The number of carbonyl (C=O) groups is 1. The third-order valence-electron chi connectivity index (χ3n) is 2.32. The average molecular weight is 238 g/mol. The maximum Gasteiger partial charge on any atom is 0.308 e. The lowest BCUT2D eigenvalue weighted by Crippen LogP contribution is -2.16. The van der Waals surface area contributed by atoms with E-state index >= 15 is 0 Å². The molecule has 0 spiro atoms. The highest BCUT2D eigenvalue weighted by atomic mass is 16.6. The molecule has 0 aliphatic carbocycles. The van der Waals surface area contributed by atoms with Crippen LogP contribution in [0.5, 0.6) is 17.2 Å². The van der Waals surface area contributed by atoms with E-state index in [1.54, 1.807) is 6.07 Å². The quantitative estimate of drug-likeness (QED) is 0.635. The van der Waals surface area contributed by atoms with Gasteiger partial charge in [-0.05, 0) is 17.5 Å². The molecule has 0 heterocycles. The molecule has 0 bridgehead atoms. The van der Waals surface area contributed by atoms with Crippen molar-refractivity contribution in [2.75, 3.05) is 7.11 Å². The summed E-state index contributed by atoms with van der Waals surface area (Å²) in [5.41, 5.74) is 0.204. The number of rotatable bonds is 2. The zero-order valence-corrected chi connectivity index (χ0v) is 10.8.